The fourth-order valence-electron chi connectivity index (χ4n) is 2.73. The molecular formula is C17H15BrFNO3S. The highest BCUT2D eigenvalue weighted by atomic mass is 79.9. The Kier molecular flexibility index (Phi) is 4.96. The number of carbonyl (C=O) groups is 1. The third kappa shape index (κ3) is 2.86. The normalized spacial score (nSPS) is 20.1. The SMILES string of the molecule is CCOC1(C(=O)O)c2ccccc2SN1Cc1ccc(Br)cc1F. The zero-order valence-electron chi connectivity index (χ0n) is 12.8. The van der Waals surface area contributed by atoms with Crippen LogP contribution in [-0.2, 0) is 21.8 Å². The molecule has 7 heteroatoms. The average molecular weight is 412 g/mol. The van der Waals surface area contributed by atoms with Crippen LogP contribution in [0.2, 0.25) is 0 Å². The van der Waals surface area contributed by atoms with E-state index < -0.39 is 17.5 Å². The van der Waals surface area contributed by atoms with Crippen molar-refractivity contribution in [2.24, 2.45) is 0 Å². The van der Waals surface area contributed by atoms with Crippen molar-refractivity contribution in [3.05, 3.63) is 63.9 Å². The number of hydrogen-bond donors (Lipinski definition) is 1. The maximum atomic E-state index is 14.2. The van der Waals surface area contributed by atoms with Gasteiger partial charge < -0.3 is 9.84 Å². The van der Waals surface area contributed by atoms with E-state index in [4.69, 9.17) is 4.74 Å². The van der Waals surface area contributed by atoms with Gasteiger partial charge in [-0.05, 0) is 37.1 Å². The van der Waals surface area contributed by atoms with Crippen LogP contribution in [0.4, 0.5) is 4.39 Å². The molecule has 1 atom stereocenters. The molecule has 0 saturated heterocycles. The van der Waals surface area contributed by atoms with Crippen molar-refractivity contribution in [3.8, 4) is 0 Å². The van der Waals surface area contributed by atoms with Gasteiger partial charge in [-0.3, -0.25) is 0 Å². The Bertz CT molecular complexity index is 788. The van der Waals surface area contributed by atoms with Crippen LogP contribution in [0.5, 0.6) is 0 Å². The zero-order valence-corrected chi connectivity index (χ0v) is 15.2. The van der Waals surface area contributed by atoms with Gasteiger partial charge in [0.1, 0.15) is 5.82 Å². The minimum absolute atomic E-state index is 0.102. The third-order valence-electron chi connectivity index (χ3n) is 3.78. The molecule has 1 aliphatic rings. The predicted octanol–water partition coefficient (Wildman–Crippen LogP) is 4.39. The van der Waals surface area contributed by atoms with Gasteiger partial charge in [0.05, 0.1) is 0 Å². The number of carboxylic acid groups (broad SMARTS) is 1. The molecule has 0 bridgehead atoms. The summed E-state index contributed by atoms with van der Waals surface area (Å²) in [6, 6.07) is 11.9. The van der Waals surface area contributed by atoms with E-state index in [0.717, 1.165) is 4.90 Å². The molecule has 0 aromatic heterocycles. The number of rotatable bonds is 5. The summed E-state index contributed by atoms with van der Waals surface area (Å²) in [7, 11) is 0. The largest absolute Gasteiger partial charge is 0.478 e. The Morgan fingerprint density at radius 1 is 1.38 bits per heavy atom. The van der Waals surface area contributed by atoms with Crippen LogP contribution in [-0.4, -0.2) is 22.0 Å². The van der Waals surface area contributed by atoms with Gasteiger partial charge in [0.15, 0.2) is 0 Å². The van der Waals surface area contributed by atoms with E-state index in [1.807, 2.05) is 12.1 Å². The molecule has 24 heavy (non-hydrogen) atoms. The molecule has 0 saturated carbocycles. The number of halogens is 2. The lowest BCUT2D eigenvalue weighted by molar-refractivity contribution is -0.186. The lowest BCUT2D eigenvalue weighted by atomic mass is 10.0. The van der Waals surface area contributed by atoms with E-state index in [9.17, 15) is 14.3 Å². The standard InChI is InChI=1S/C17H15BrFNO3S/c1-2-23-17(16(21)22)13-5-3-4-6-15(13)24-20(17)10-11-7-8-12(18)9-14(11)19/h3-9H,2,10H2,1H3,(H,21,22). The van der Waals surface area contributed by atoms with Crippen LogP contribution in [0.25, 0.3) is 0 Å². The number of nitrogens with zero attached hydrogens (tertiary/aromatic N) is 1. The second kappa shape index (κ2) is 6.84. The molecule has 0 radical (unpaired) electrons. The Balaban J connectivity index is 2.04. The highest BCUT2D eigenvalue weighted by molar-refractivity contribution is 9.10. The molecule has 0 aliphatic carbocycles. The number of carboxylic acids is 1. The van der Waals surface area contributed by atoms with Crippen molar-refractivity contribution in [1.29, 1.82) is 0 Å². The molecule has 0 spiro atoms. The molecule has 3 rings (SSSR count). The minimum Gasteiger partial charge on any atom is -0.478 e. The van der Waals surface area contributed by atoms with Gasteiger partial charge in [-0.25, -0.2) is 9.18 Å². The molecule has 0 fully saturated rings. The Morgan fingerprint density at radius 3 is 2.79 bits per heavy atom. The average Bonchev–Trinajstić information content (AvgIpc) is 2.85. The van der Waals surface area contributed by atoms with Gasteiger partial charge in [-0.2, -0.15) is 4.31 Å². The van der Waals surface area contributed by atoms with Crippen LogP contribution in [0.15, 0.2) is 51.8 Å². The predicted molar refractivity (Wildman–Crippen MR) is 92.9 cm³/mol. The van der Waals surface area contributed by atoms with Crippen molar-refractivity contribution in [1.82, 2.24) is 4.31 Å². The summed E-state index contributed by atoms with van der Waals surface area (Å²) in [6.07, 6.45) is 0. The van der Waals surface area contributed by atoms with E-state index in [2.05, 4.69) is 15.9 Å². The smallest absolute Gasteiger partial charge is 0.357 e. The zero-order chi connectivity index (χ0) is 17.3. The number of fused-ring (bicyclic) bond motifs is 1. The molecule has 2 aromatic rings. The molecule has 1 aliphatic heterocycles. The summed E-state index contributed by atoms with van der Waals surface area (Å²) < 4.78 is 22.1. The van der Waals surface area contributed by atoms with Crippen molar-refractivity contribution in [2.75, 3.05) is 6.61 Å². The molecular weight excluding hydrogens is 397 g/mol. The summed E-state index contributed by atoms with van der Waals surface area (Å²) in [5.74, 6) is -1.50. The van der Waals surface area contributed by atoms with Crippen molar-refractivity contribution in [3.63, 3.8) is 0 Å². The monoisotopic (exact) mass is 411 g/mol. The fourth-order valence-corrected chi connectivity index (χ4v) is 4.31. The van der Waals surface area contributed by atoms with Gasteiger partial charge in [-0.15, -0.1) is 0 Å². The first kappa shape index (κ1) is 17.4. The summed E-state index contributed by atoms with van der Waals surface area (Å²) in [4.78, 5) is 12.9. The second-order valence-electron chi connectivity index (χ2n) is 5.24. The van der Waals surface area contributed by atoms with Crippen LogP contribution in [0.1, 0.15) is 18.1 Å². The molecule has 0 amide bonds. The molecule has 2 aromatic carbocycles. The van der Waals surface area contributed by atoms with Gasteiger partial charge in [0, 0.05) is 33.6 Å². The van der Waals surface area contributed by atoms with Crippen molar-refractivity contribution < 1.29 is 19.0 Å². The Labute approximate surface area is 151 Å². The van der Waals surface area contributed by atoms with E-state index in [1.165, 1.54) is 18.0 Å². The summed E-state index contributed by atoms with van der Waals surface area (Å²) in [5.41, 5.74) is -0.652. The van der Waals surface area contributed by atoms with Crippen LogP contribution >= 0.6 is 27.9 Å². The van der Waals surface area contributed by atoms with E-state index >= 15 is 0 Å². The number of benzene rings is 2. The number of ether oxygens (including phenoxy) is 1. The van der Waals surface area contributed by atoms with Gasteiger partial charge in [0.25, 0.3) is 5.72 Å². The summed E-state index contributed by atoms with van der Waals surface area (Å²) >= 11 is 4.49. The first-order valence-electron chi connectivity index (χ1n) is 7.35. The van der Waals surface area contributed by atoms with Crippen LogP contribution < -0.4 is 0 Å². The van der Waals surface area contributed by atoms with Crippen molar-refractivity contribution in [2.45, 2.75) is 24.1 Å². The quantitative estimate of drug-likeness (QED) is 0.739. The molecule has 4 nitrogen and oxygen atoms in total. The maximum absolute atomic E-state index is 14.2. The number of aliphatic carboxylic acids is 1. The molecule has 126 valence electrons. The third-order valence-corrected chi connectivity index (χ3v) is 5.44. The van der Waals surface area contributed by atoms with Gasteiger partial charge in [-0.1, -0.05) is 40.2 Å². The topological polar surface area (TPSA) is 49.8 Å². The number of hydrogen-bond acceptors (Lipinski definition) is 4. The molecule has 1 heterocycles. The molecule has 1 N–H and O–H groups in total. The van der Waals surface area contributed by atoms with E-state index in [1.54, 1.807) is 35.5 Å². The lowest BCUT2D eigenvalue weighted by Crippen LogP contribution is -2.48. The summed E-state index contributed by atoms with van der Waals surface area (Å²) in [5, 5.41) is 9.92. The van der Waals surface area contributed by atoms with Gasteiger partial charge in [0.2, 0.25) is 0 Å². The molecule has 1 unspecified atom stereocenters. The Morgan fingerprint density at radius 2 is 2.12 bits per heavy atom. The van der Waals surface area contributed by atoms with E-state index in [0.29, 0.717) is 15.6 Å². The highest BCUT2D eigenvalue weighted by Gasteiger charge is 2.54. The first-order valence-corrected chi connectivity index (χ1v) is 8.92. The lowest BCUT2D eigenvalue weighted by Gasteiger charge is -2.33. The van der Waals surface area contributed by atoms with Crippen molar-refractivity contribution >= 4 is 33.8 Å². The Hall–Kier alpha value is -1.41. The maximum Gasteiger partial charge on any atom is 0.357 e. The minimum atomic E-state index is -1.63. The summed E-state index contributed by atoms with van der Waals surface area (Å²) in [6.45, 7) is 2.07. The fraction of sp³-hybridized carbons (Fsp3) is 0.235. The van der Waals surface area contributed by atoms with Crippen LogP contribution in [0, 0.1) is 5.82 Å². The van der Waals surface area contributed by atoms with E-state index in [-0.39, 0.29) is 13.2 Å². The van der Waals surface area contributed by atoms with Crippen LogP contribution in [0.3, 0.4) is 0 Å². The first-order chi connectivity index (χ1) is 11.5. The second-order valence-corrected chi connectivity index (χ2v) is 7.22. The van der Waals surface area contributed by atoms with Gasteiger partial charge >= 0.3 is 5.97 Å². The highest BCUT2D eigenvalue weighted by Crippen LogP contribution is 2.50.